The predicted octanol–water partition coefficient (Wildman–Crippen LogP) is 2.95. The summed E-state index contributed by atoms with van der Waals surface area (Å²) < 4.78 is 28.8. The van der Waals surface area contributed by atoms with Gasteiger partial charge in [0.05, 0.1) is 11.9 Å². The quantitative estimate of drug-likeness (QED) is 0.761. The number of rotatable bonds is 9. The fourth-order valence-corrected chi connectivity index (χ4v) is 3.10. The van der Waals surface area contributed by atoms with E-state index in [0.29, 0.717) is 6.42 Å². The van der Waals surface area contributed by atoms with Crippen molar-refractivity contribution < 1.29 is 13.2 Å². The molecular formula is C16H27NO3S. The number of nitrogens with one attached hydrogen (secondary N) is 1. The van der Waals surface area contributed by atoms with Crippen molar-refractivity contribution in [3.63, 3.8) is 0 Å². The van der Waals surface area contributed by atoms with Gasteiger partial charge in [-0.15, -0.1) is 0 Å². The Morgan fingerprint density at radius 2 is 2.00 bits per heavy atom. The van der Waals surface area contributed by atoms with Crippen LogP contribution < -0.4 is 10.1 Å². The van der Waals surface area contributed by atoms with Gasteiger partial charge in [-0.25, -0.2) is 8.42 Å². The normalized spacial score (nSPS) is 13.4. The van der Waals surface area contributed by atoms with Gasteiger partial charge >= 0.3 is 0 Å². The second-order valence-corrected chi connectivity index (χ2v) is 7.93. The highest BCUT2D eigenvalue weighted by Crippen LogP contribution is 2.23. The van der Waals surface area contributed by atoms with Crippen molar-refractivity contribution in [2.75, 3.05) is 18.6 Å². The molecule has 21 heavy (non-hydrogen) atoms. The highest BCUT2D eigenvalue weighted by molar-refractivity contribution is 7.91. The summed E-state index contributed by atoms with van der Waals surface area (Å²) in [5.74, 6) is 1.32. The van der Waals surface area contributed by atoms with Crippen molar-refractivity contribution in [1.82, 2.24) is 5.32 Å². The smallest absolute Gasteiger partial charge is 0.150 e. The van der Waals surface area contributed by atoms with Gasteiger partial charge in [0.15, 0.2) is 0 Å². The molecule has 0 heterocycles. The zero-order chi connectivity index (χ0) is 15.9. The predicted molar refractivity (Wildman–Crippen MR) is 87.6 cm³/mol. The average Bonchev–Trinajstić information content (AvgIpc) is 2.43. The first-order chi connectivity index (χ1) is 9.88. The van der Waals surface area contributed by atoms with Crippen molar-refractivity contribution in [2.45, 2.75) is 45.8 Å². The van der Waals surface area contributed by atoms with E-state index >= 15 is 0 Å². The fourth-order valence-electron chi connectivity index (χ4n) is 2.21. The van der Waals surface area contributed by atoms with E-state index in [9.17, 15) is 8.42 Å². The Morgan fingerprint density at radius 1 is 1.29 bits per heavy atom. The van der Waals surface area contributed by atoms with Crippen LogP contribution in [-0.4, -0.2) is 33.1 Å². The zero-order valence-electron chi connectivity index (χ0n) is 13.4. The summed E-state index contributed by atoms with van der Waals surface area (Å²) in [6.07, 6.45) is 1.60. The zero-order valence-corrected chi connectivity index (χ0v) is 14.2. The lowest BCUT2D eigenvalue weighted by atomic mass is 10.0. The van der Waals surface area contributed by atoms with Crippen LogP contribution >= 0.6 is 0 Å². The summed E-state index contributed by atoms with van der Waals surface area (Å²) in [5.41, 5.74) is 1.13. The lowest BCUT2D eigenvalue weighted by molar-refractivity contribution is 0.242. The molecule has 1 rings (SSSR count). The summed E-state index contributed by atoms with van der Waals surface area (Å²) in [6, 6.07) is 8.13. The molecule has 0 spiro atoms. The molecule has 0 bridgehead atoms. The minimum atomic E-state index is -2.88. The van der Waals surface area contributed by atoms with Gasteiger partial charge in [0.1, 0.15) is 15.6 Å². The molecule has 0 amide bonds. The summed E-state index contributed by atoms with van der Waals surface area (Å²) in [7, 11) is -0.984. The third-order valence-corrected chi connectivity index (χ3v) is 5.16. The summed E-state index contributed by atoms with van der Waals surface area (Å²) >= 11 is 0. The minimum absolute atomic E-state index is 0.142. The van der Waals surface area contributed by atoms with Gasteiger partial charge in [0.2, 0.25) is 0 Å². The monoisotopic (exact) mass is 313 g/mol. The Morgan fingerprint density at radius 3 is 2.57 bits per heavy atom. The molecule has 0 aromatic heterocycles. The van der Waals surface area contributed by atoms with E-state index in [0.717, 1.165) is 17.7 Å². The van der Waals surface area contributed by atoms with Crippen molar-refractivity contribution in [3.05, 3.63) is 29.8 Å². The molecule has 1 unspecified atom stereocenters. The Balaban J connectivity index is 2.67. The van der Waals surface area contributed by atoms with Gasteiger partial charge in [-0.2, -0.15) is 0 Å². The Bertz CT molecular complexity index is 526. The van der Waals surface area contributed by atoms with E-state index in [-0.39, 0.29) is 23.7 Å². The van der Waals surface area contributed by atoms with Gasteiger partial charge in [0.25, 0.3) is 0 Å². The first-order valence-corrected chi connectivity index (χ1v) is 9.34. The lowest BCUT2D eigenvalue weighted by Crippen LogP contribution is -2.18. The van der Waals surface area contributed by atoms with Crippen LogP contribution in [0.25, 0.3) is 0 Å². The molecule has 0 fully saturated rings. The van der Waals surface area contributed by atoms with E-state index in [4.69, 9.17) is 4.74 Å². The number of hydrogen-bond acceptors (Lipinski definition) is 4. The SMILES string of the molecule is CCS(=O)(=O)CCCC(NC)c1cccc(OC(C)C)c1. The van der Waals surface area contributed by atoms with Crippen LogP contribution in [-0.2, 0) is 9.84 Å². The molecule has 120 valence electrons. The molecule has 0 radical (unpaired) electrons. The average molecular weight is 313 g/mol. The molecule has 1 N–H and O–H groups in total. The van der Waals surface area contributed by atoms with Gasteiger partial charge in [-0.3, -0.25) is 0 Å². The maximum Gasteiger partial charge on any atom is 0.150 e. The lowest BCUT2D eigenvalue weighted by Gasteiger charge is -2.18. The van der Waals surface area contributed by atoms with Gasteiger partial charge in [-0.1, -0.05) is 19.1 Å². The number of hydrogen-bond donors (Lipinski definition) is 1. The van der Waals surface area contributed by atoms with Crippen LogP contribution in [0.15, 0.2) is 24.3 Å². The molecular weight excluding hydrogens is 286 g/mol. The van der Waals surface area contributed by atoms with Crippen molar-refractivity contribution in [3.8, 4) is 5.75 Å². The van der Waals surface area contributed by atoms with E-state index in [1.54, 1.807) is 6.92 Å². The van der Waals surface area contributed by atoms with E-state index in [2.05, 4.69) is 5.32 Å². The third kappa shape index (κ3) is 6.48. The Kier molecular flexibility index (Phi) is 7.18. The Labute approximate surface area is 128 Å². The largest absolute Gasteiger partial charge is 0.491 e. The molecule has 0 aliphatic heterocycles. The molecule has 0 saturated heterocycles. The highest BCUT2D eigenvalue weighted by atomic mass is 32.2. The molecule has 1 atom stereocenters. The fraction of sp³-hybridized carbons (Fsp3) is 0.625. The van der Waals surface area contributed by atoms with Crippen LogP contribution in [0.1, 0.15) is 45.2 Å². The van der Waals surface area contributed by atoms with Crippen LogP contribution in [0, 0.1) is 0 Å². The molecule has 0 saturated carbocycles. The molecule has 1 aromatic rings. The van der Waals surface area contributed by atoms with Crippen LogP contribution in [0.4, 0.5) is 0 Å². The number of sulfone groups is 1. The highest BCUT2D eigenvalue weighted by Gasteiger charge is 2.13. The molecule has 4 nitrogen and oxygen atoms in total. The van der Waals surface area contributed by atoms with Gasteiger partial charge in [-0.05, 0) is 51.4 Å². The van der Waals surface area contributed by atoms with Gasteiger partial charge in [0, 0.05) is 11.8 Å². The topological polar surface area (TPSA) is 55.4 Å². The van der Waals surface area contributed by atoms with E-state index < -0.39 is 9.84 Å². The second kappa shape index (κ2) is 8.39. The summed E-state index contributed by atoms with van der Waals surface area (Å²) in [6.45, 7) is 5.69. The van der Waals surface area contributed by atoms with E-state index in [1.165, 1.54) is 0 Å². The molecule has 5 heteroatoms. The molecule has 0 aliphatic rings. The first-order valence-electron chi connectivity index (χ1n) is 7.52. The summed E-state index contributed by atoms with van der Waals surface area (Å²) in [5, 5.41) is 3.25. The third-order valence-electron chi connectivity index (χ3n) is 3.37. The maximum absolute atomic E-state index is 11.5. The van der Waals surface area contributed by atoms with Crippen molar-refractivity contribution >= 4 is 9.84 Å². The standard InChI is InChI=1S/C16H27NO3S/c1-5-21(18,19)11-7-10-16(17-4)14-8-6-9-15(12-14)20-13(2)3/h6,8-9,12-13,16-17H,5,7,10-11H2,1-4H3. The molecule has 1 aromatic carbocycles. The summed E-state index contributed by atoms with van der Waals surface area (Å²) in [4.78, 5) is 0. The van der Waals surface area contributed by atoms with E-state index in [1.807, 2.05) is 45.2 Å². The van der Waals surface area contributed by atoms with Crippen molar-refractivity contribution in [1.29, 1.82) is 0 Å². The first kappa shape index (κ1) is 18.0. The van der Waals surface area contributed by atoms with Gasteiger partial charge < -0.3 is 10.1 Å². The minimum Gasteiger partial charge on any atom is -0.491 e. The molecule has 0 aliphatic carbocycles. The number of ether oxygens (including phenoxy) is 1. The Hall–Kier alpha value is -1.07. The number of benzene rings is 1. The van der Waals surface area contributed by atoms with Crippen molar-refractivity contribution in [2.24, 2.45) is 0 Å². The van der Waals surface area contributed by atoms with Crippen LogP contribution in [0.2, 0.25) is 0 Å². The van der Waals surface area contributed by atoms with Crippen LogP contribution in [0.5, 0.6) is 5.75 Å². The van der Waals surface area contributed by atoms with Crippen LogP contribution in [0.3, 0.4) is 0 Å². The second-order valence-electron chi connectivity index (χ2n) is 5.46. The maximum atomic E-state index is 11.5.